The lowest BCUT2D eigenvalue weighted by Crippen LogP contribution is -2.31. The third-order valence-corrected chi connectivity index (χ3v) is 2.91. The van der Waals surface area contributed by atoms with E-state index in [0.29, 0.717) is 31.1 Å². The predicted molar refractivity (Wildman–Crippen MR) is 77.2 cm³/mol. The van der Waals surface area contributed by atoms with E-state index < -0.39 is 0 Å². The third kappa shape index (κ3) is 4.48. The van der Waals surface area contributed by atoms with Gasteiger partial charge in [-0.15, -0.1) is 0 Å². The molecule has 1 fully saturated rings. The van der Waals surface area contributed by atoms with Crippen molar-refractivity contribution in [2.24, 2.45) is 0 Å². The number of rotatable bonds is 7. The van der Waals surface area contributed by atoms with Crippen molar-refractivity contribution in [3.8, 4) is 6.01 Å². The highest BCUT2D eigenvalue weighted by molar-refractivity contribution is 5.36. The summed E-state index contributed by atoms with van der Waals surface area (Å²) in [5.41, 5.74) is 0. The molecule has 1 aliphatic rings. The van der Waals surface area contributed by atoms with Gasteiger partial charge < -0.3 is 20.1 Å². The minimum Gasteiger partial charge on any atom is -0.464 e. The van der Waals surface area contributed by atoms with Crippen molar-refractivity contribution in [3.63, 3.8) is 0 Å². The molecule has 112 valence electrons. The number of nitrogens with zero attached hydrogens (tertiary/aromatic N) is 3. The molecule has 1 aliphatic heterocycles. The van der Waals surface area contributed by atoms with Crippen molar-refractivity contribution >= 4 is 11.9 Å². The van der Waals surface area contributed by atoms with Crippen LogP contribution in [-0.2, 0) is 4.74 Å². The molecule has 0 aliphatic carbocycles. The van der Waals surface area contributed by atoms with E-state index in [-0.39, 0.29) is 6.04 Å². The van der Waals surface area contributed by atoms with E-state index in [2.05, 4.69) is 32.5 Å². The standard InChI is InChI=1S/C13H23N5O2/c1-3-7-14-11-16-12(18-13(17-11)20-4-2)15-10-6-5-8-19-9-10/h10H,3-9H2,1-2H3,(H2,14,15,16,17,18). The average molecular weight is 281 g/mol. The molecule has 0 aromatic carbocycles. The molecule has 7 nitrogen and oxygen atoms in total. The molecule has 7 heteroatoms. The molecule has 0 bridgehead atoms. The summed E-state index contributed by atoms with van der Waals surface area (Å²) in [6.07, 6.45) is 3.13. The first-order valence-corrected chi connectivity index (χ1v) is 7.28. The Morgan fingerprint density at radius 1 is 1.25 bits per heavy atom. The smallest absolute Gasteiger partial charge is 0.323 e. The van der Waals surface area contributed by atoms with Crippen LogP contribution in [0.4, 0.5) is 11.9 Å². The lowest BCUT2D eigenvalue weighted by atomic mass is 10.1. The zero-order valence-electron chi connectivity index (χ0n) is 12.2. The second-order valence-corrected chi connectivity index (χ2v) is 4.68. The molecule has 2 rings (SSSR count). The Morgan fingerprint density at radius 2 is 2.10 bits per heavy atom. The maximum absolute atomic E-state index is 5.45. The molecule has 2 N–H and O–H groups in total. The van der Waals surface area contributed by atoms with Crippen LogP contribution in [0.2, 0.25) is 0 Å². The molecule has 20 heavy (non-hydrogen) atoms. The topological polar surface area (TPSA) is 81.2 Å². The number of nitrogens with one attached hydrogen (secondary N) is 2. The predicted octanol–water partition coefficient (Wildman–Crippen LogP) is 1.68. The summed E-state index contributed by atoms with van der Waals surface area (Å²) in [7, 11) is 0. The van der Waals surface area contributed by atoms with Crippen LogP contribution in [0, 0.1) is 0 Å². The summed E-state index contributed by atoms with van der Waals surface area (Å²) >= 11 is 0. The Hall–Kier alpha value is -1.63. The normalized spacial score (nSPS) is 18.6. The fraction of sp³-hybridized carbons (Fsp3) is 0.769. The highest BCUT2D eigenvalue weighted by Gasteiger charge is 2.16. The van der Waals surface area contributed by atoms with Gasteiger partial charge in [0, 0.05) is 13.2 Å². The molecule has 1 unspecified atom stereocenters. The van der Waals surface area contributed by atoms with E-state index in [1.54, 1.807) is 0 Å². The van der Waals surface area contributed by atoms with Crippen LogP contribution in [-0.4, -0.2) is 47.4 Å². The zero-order valence-corrected chi connectivity index (χ0v) is 12.2. The van der Waals surface area contributed by atoms with Gasteiger partial charge in [-0.3, -0.25) is 0 Å². The Balaban J connectivity index is 2.06. The fourth-order valence-corrected chi connectivity index (χ4v) is 1.97. The molecule has 2 heterocycles. The minimum atomic E-state index is 0.250. The Bertz CT molecular complexity index is 410. The van der Waals surface area contributed by atoms with Crippen LogP contribution in [0.15, 0.2) is 0 Å². The van der Waals surface area contributed by atoms with Crippen molar-refractivity contribution in [2.75, 3.05) is 37.0 Å². The van der Waals surface area contributed by atoms with Crippen LogP contribution in [0.5, 0.6) is 6.01 Å². The molecule has 0 radical (unpaired) electrons. The number of ether oxygens (including phenoxy) is 2. The SMILES string of the molecule is CCCNc1nc(NC2CCCOC2)nc(OCC)n1. The van der Waals surface area contributed by atoms with Crippen LogP contribution < -0.4 is 15.4 Å². The van der Waals surface area contributed by atoms with Gasteiger partial charge >= 0.3 is 6.01 Å². The van der Waals surface area contributed by atoms with Gasteiger partial charge in [0.1, 0.15) is 0 Å². The van der Waals surface area contributed by atoms with E-state index in [1.807, 2.05) is 6.92 Å². The number of hydrogen-bond acceptors (Lipinski definition) is 7. The molecule has 1 atom stereocenters. The van der Waals surface area contributed by atoms with Gasteiger partial charge in [0.25, 0.3) is 0 Å². The van der Waals surface area contributed by atoms with Gasteiger partial charge in [-0.25, -0.2) is 0 Å². The van der Waals surface area contributed by atoms with Gasteiger partial charge in [-0.1, -0.05) is 6.92 Å². The van der Waals surface area contributed by atoms with Crippen molar-refractivity contribution in [1.29, 1.82) is 0 Å². The summed E-state index contributed by atoms with van der Waals surface area (Å²) in [4.78, 5) is 12.9. The summed E-state index contributed by atoms with van der Waals surface area (Å²) in [6, 6.07) is 0.597. The molecule has 1 aromatic rings. The minimum absolute atomic E-state index is 0.250. The Morgan fingerprint density at radius 3 is 2.80 bits per heavy atom. The number of anilines is 2. The number of hydrogen-bond donors (Lipinski definition) is 2. The molecule has 0 saturated carbocycles. The summed E-state index contributed by atoms with van der Waals surface area (Å²) in [5, 5.41) is 6.45. The highest BCUT2D eigenvalue weighted by Crippen LogP contribution is 2.15. The average Bonchev–Trinajstić information content (AvgIpc) is 2.46. The maximum atomic E-state index is 5.45. The molecular formula is C13H23N5O2. The van der Waals surface area contributed by atoms with Gasteiger partial charge in [0.2, 0.25) is 11.9 Å². The summed E-state index contributed by atoms with van der Waals surface area (Å²) < 4.78 is 10.8. The monoisotopic (exact) mass is 281 g/mol. The zero-order chi connectivity index (χ0) is 14.2. The van der Waals surface area contributed by atoms with Crippen molar-refractivity contribution in [2.45, 2.75) is 39.2 Å². The Labute approximate surface area is 119 Å². The maximum Gasteiger partial charge on any atom is 0.323 e. The van der Waals surface area contributed by atoms with E-state index >= 15 is 0 Å². The first-order valence-electron chi connectivity index (χ1n) is 7.28. The van der Waals surface area contributed by atoms with Gasteiger partial charge in [-0.2, -0.15) is 15.0 Å². The lowest BCUT2D eigenvalue weighted by molar-refractivity contribution is 0.0873. The van der Waals surface area contributed by atoms with Crippen LogP contribution >= 0.6 is 0 Å². The summed E-state index contributed by atoms with van der Waals surface area (Å²) in [5.74, 6) is 1.09. The molecular weight excluding hydrogens is 258 g/mol. The van der Waals surface area contributed by atoms with Crippen molar-refractivity contribution in [3.05, 3.63) is 0 Å². The van der Waals surface area contributed by atoms with Crippen LogP contribution in [0.3, 0.4) is 0 Å². The largest absolute Gasteiger partial charge is 0.464 e. The van der Waals surface area contributed by atoms with Gasteiger partial charge in [0.05, 0.1) is 19.3 Å². The van der Waals surface area contributed by atoms with Crippen molar-refractivity contribution < 1.29 is 9.47 Å². The second kappa shape index (κ2) is 7.84. The summed E-state index contributed by atoms with van der Waals surface area (Å²) in [6.45, 7) is 6.88. The molecule has 1 aromatic heterocycles. The van der Waals surface area contributed by atoms with E-state index in [0.717, 1.165) is 32.4 Å². The van der Waals surface area contributed by atoms with Crippen LogP contribution in [0.25, 0.3) is 0 Å². The lowest BCUT2D eigenvalue weighted by Gasteiger charge is -2.23. The molecule has 1 saturated heterocycles. The highest BCUT2D eigenvalue weighted by atomic mass is 16.5. The van der Waals surface area contributed by atoms with Crippen LogP contribution in [0.1, 0.15) is 33.1 Å². The van der Waals surface area contributed by atoms with Gasteiger partial charge in [0.15, 0.2) is 0 Å². The Kier molecular flexibility index (Phi) is 5.79. The quantitative estimate of drug-likeness (QED) is 0.787. The first kappa shape index (κ1) is 14.8. The van der Waals surface area contributed by atoms with E-state index in [9.17, 15) is 0 Å². The third-order valence-electron chi connectivity index (χ3n) is 2.91. The van der Waals surface area contributed by atoms with Gasteiger partial charge in [-0.05, 0) is 26.2 Å². The van der Waals surface area contributed by atoms with Crippen molar-refractivity contribution in [1.82, 2.24) is 15.0 Å². The fourth-order valence-electron chi connectivity index (χ4n) is 1.97. The molecule has 0 spiro atoms. The van der Waals surface area contributed by atoms with E-state index in [4.69, 9.17) is 9.47 Å². The first-order chi connectivity index (χ1) is 9.81. The molecule has 0 amide bonds. The second-order valence-electron chi connectivity index (χ2n) is 4.68. The number of aromatic nitrogens is 3. The van der Waals surface area contributed by atoms with E-state index in [1.165, 1.54) is 0 Å².